The summed E-state index contributed by atoms with van der Waals surface area (Å²) < 4.78 is 5.60. The number of hydrogen-bond acceptors (Lipinski definition) is 5. The van der Waals surface area contributed by atoms with E-state index in [-0.39, 0.29) is 11.3 Å². The van der Waals surface area contributed by atoms with Crippen molar-refractivity contribution in [2.24, 2.45) is 0 Å². The number of likely N-dealkylation sites (tertiary alicyclic amines) is 2. The maximum Gasteiger partial charge on any atom is 0.295 e. The van der Waals surface area contributed by atoms with Gasteiger partial charge in [0.1, 0.15) is 18.1 Å². The highest BCUT2D eigenvalue weighted by atomic mass is 16.5. The van der Waals surface area contributed by atoms with E-state index in [1.807, 2.05) is 45.0 Å². The lowest BCUT2D eigenvalue weighted by Gasteiger charge is -2.27. The molecule has 2 fully saturated rings. The fraction of sp³-hybridized carbons (Fsp3) is 0.407. The molecule has 1 unspecified atom stereocenters. The fourth-order valence-electron chi connectivity index (χ4n) is 5.01. The number of ketones is 1. The molecule has 0 bridgehead atoms. The number of benzene rings is 1. The third-order valence-corrected chi connectivity index (χ3v) is 6.88. The summed E-state index contributed by atoms with van der Waals surface area (Å²) >= 11 is 0. The first kappa shape index (κ1) is 23.8. The average molecular weight is 464 g/mol. The van der Waals surface area contributed by atoms with Gasteiger partial charge >= 0.3 is 0 Å². The van der Waals surface area contributed by atoms with Crippen LogP contribution in [0.25, 0.3) is 5.76 Å². The molecule has 2 saturated heterocycles. The number of H-pyrrole nitrogens is 1. The van der Waals surface area contributed by atoms with Crippen molar-refractivity contribution in [3.05, 3.63) is 70.6 Å². The van der Waals surface area contributed by atoms with Crippen LogP contribution in [0.3, 0.4) is 0 Å². The summed E-state index contributed by atoms with van der Waals surface area (Å²) in [5.41, 5.74) is 4.04. The van der Waals surface area contributed by atoms with Crippen molar-refractivity contribution in [2.75, 3.05) is 32.8 Å². The lowest BCUT2D eigenvalue weighted by Crippen LogP contribution is -2.37. The molecular weight excluding hydrogens is 430 g/mol. The van der Waals surface area contributed by atoms with Crippen molar-refractivity contribution in [1.29, 1.82) is 0 Å². The molecule has 0 radical (unpaired) electrons. The molecule has 0 spiro atoms. The number of rotatable bonds is 8. The van der Waals surface area contributed by atoms with E-state index in [9.17, 15) is 14.7 Å². The lowest BCUT2D eigenvalue weighted by atomic mass is 9.94. The Hall–Kier alpha value is -3.32. The summed E-state index contributed by atoms with van der Waals surface area (Å²) in [6, 6.07) is 6.68. The van der Waals surface area contributed by atoms with Crippen LogP contribution >= 0.6 is 0 Å². The summed E-state index contributed by atoms with van der Waals surface area (Å²) in [7, 11) is 0. The molecule has 4 rings (SSSR count). The number of aliphatic hydroxyl groups excluding tert-OH is 1. The smallest absolute Gasteiger partial charge is 0.295 e. The highest BCUT2D eigenvalue weighted by Gasteiger charge is 2.46. The van der Waals surface area contributed by atoms with E-state index in [1.54, 1.807) is 11.0 Å². The van der Waals surface area contributed by atoms with Crippen LogP contribution in [0.15, 0.2) is 42.5 Å². The monoisotopic (exact) mass is 463 g/mol. The van der Waals surface area contributed by atoms with Gasteiger partial charge in [0.25, 0.3) is 11.7 Å². The van der Waals surface area contributed by atoms with E-state index in [1.165, 1.54) is 0 Å². The molecule has 7 nitrogen and oxygen atoms in total. The van der Waals surface area contributed by atoms with Gasteiger partial charge in [0, 0.05) is 30.0 Å². The average Bonchev–Trinajstić information content (AvgIpc) is 3.50. The number of Topliss-reactive ketones (excluding diaryl/α,β-unsaturated/α-hetero) is 1. The summed E-state index contributed by atoms with van der Waals surface area (Å²) in [4.78, 5) is 33.6. The number of carbonyl (C=O) groups is 2. The molecule has 1 aromatic carbocycles. The maximum atomic E-state index is 13.3. The number of aryl methyl sites for hydroxylation is 2. The second-order valence-electron chi connectivity index (χ2n) is 9.08. The largest absolute Gasteiger partial charge is 0.507 e. The molecule has 0 saturated carbocycles. The topological polar surface area (TPSA) is 85.9 Å². The summed E-state index contributed by atoms with van der Waals surface area (Å²) in [5, 5.41) is 11.4. The quantitative estimate of drug-likeness (QED) is 0.267. The van der Waals surface area contributed by atoms with Crippen LogP contribution < -0.4 is 4.74 Å². The first-order chi connectivity index (χ1) is 16.3. The van der Waals surface area contributed by atoms with Crippen molar-refractivity contribution < 1.29 is 19.4 Å². The van der Waals surface area contributed by atoms with Crippen LogP contribution in [0.2, 0.25) is 0 Å². The molecule has 34 heavy (non-hydrogen) atoms. The molecule has 0 aliphatic carbocycles. The number of hydrogen-bond donors (Lipinski definition) is 2. The van der Waals surface area contributed by atoms with Gasteiger partial charge in [-0.15, -0.1) is 0 Å². The Morgan fingerprint density at radius 3 is 2.38 bits per heavy atom. The van der Waals surface area contributed by atoms with Gasteiger partial charge in [-0.1, -0.05) is 24.8 Å². The Labute approximate surface area is 200 Å². The van der Waals surface area contributed by atoms with Gasteiger partial charge in [0.05, 0.1) is 11.6 Å². The summed E-state index contributed by atoms with van der Waals surface area (Å²) in [6.45, 7) is 12.9. The summed E-state index contributed by atoms with van der Waals surface area (Å²) in [5.74, 6) is -0.669. The third kappa shape index (κ3) is 4.40. The third-order valence-electron chi connectivity index (χ3n) is 6.88. The SMILES string of the molecule is C=CCOc1ccc(C2/C(=C(\O)c3c(C)[nH]c(C)c3C)C(=O)C(=O)N2CCN2CCCC2)cc1. The van der Waals surface area contributed by atoms with Gasteiger partial charge in [0.15, 0.2) is 0 Å². The molecule has 2 aromatic rings. The van der Waals surface area contributed by atoms with Crippen molar-refractivity contribution in [3.8, 4) is 5.75 Å². The molecular formula is C27H33N3O4. The van der Waals surface area contributed by atoms with E-state index in [2.05, 4.69) is 16.5 Å². The van der Waals surface area contributed by atoms with E-state index >= 15 is 0 Å². The predicted octanol–water partition coefficient (Wildman–Crippen LogP) is 4.02. The zero-order valence-corrected chi connectivity index (χ0v) is 20.2. The van der Waals surface area contributed by atoms with E-state index in [4.69, 9.17) is 4.74 Å². The molecule has 1 aromatic heterocycles. The van der Waals surface area contributed by atoms with Crippen molar-refractivity contribution >= 4 is 17.4 Å². The molecule has 3 heterocycles. The molecule has 2 aliphatic heterocycles. The first-order valence-electron chi connectivity index (χ1n) is 11.8. The fourth-order valence-corrected chi connectivity index (χ4v) is 5.01. The Morgan fingerprint density at radius 2 is 1.79 bits per heavy atom. The standard InChI is InChI=1S/C27H33N3O4/c1-5-16-34-21-10-8-20(9-11-21)24-23(25(31)22-17(2)18(3)28-19(22)4)26(32)27(33)30(24)15-14-29-12-6-7-13-29/h5,8-11,24,28,31H,1,6-7,12-16H2,2-4H3/b25-23+. The molecule has 1 atom stereocenters. The van der Waals surface area contributed by atoms with Crippen LogP contribution in [0.1, 0.15) is 47.0 Å². The van der Waals surface area contributed by atoms with Gasteiger partial charge in [-0.25, -0.2) is 0 Å². The van der Waals surface area contributed by atoms with Crippen molar-refractivity contribution in [1.82, 2.24) is 14.8 Å². The van der Waals surface area contributed by atoms with Gasteiger partial charge in [0.2, 0.25) is 0 Å². The number of aliphatic hydroxyl groups is 1. The van der Waals surface area contributed by atoms with Crippen LogP contribution in [-0.4, -0.2) is 64.4 Å². The van der Waals surface area contributed by atoms with Crippen LogP contribution in [0.4, 0.5) is 0 Å². The zero-order chi connectivity index (χ0) is 24.4. The minimum atomic E-state index is -0.662. The minimum absolute atomic E-state index is 0.127. The van der Waals surface area contributed by atoms with E-state index < -0.39 is 17.7 Å². The molecule has 2 N–H and O–H groups in total. The maximum absolute atomic E-state index is 13.3. The number of nitrogens with zero attached hydrogens (tertiary/aromatic N) is 2. The predicted molar refractivity (Wildman–Crippen MR) is 132 cm³/mol. The van der Waals surface area contributed by atoms with E-state index in [0.717, 1.165) is 48.4 Å². The molecule has 2 aliphatic rings. The van der Waals surface area contributed by atoms with E-state index in [0.29, 0.717) is 31.0 Å². The van der Waals surface area contributed by atoms with Crippen molar-refractivity contribution in [2.45, 2.75) is 39.7 Å². The minimum Gasteiger partial charge on any atom is -0.507 e. The summed E-state index contributed by atoms with van der Waals surface area (Å²) in [6.07, 6.45) is 3.98. The number of carbonyl (C=O) groups excluding carboxylic acids is 2. The Kier molecular flexibility index (Phi) is 6.93. The second-order valence-corrected chi connectivity index (χ2v) is 9.08. The number of nitrogens with one attached hydrogen (secondary N) is 1. The van der Waals surface area contributed by atoms with Gasteiger partial charge in [-0.2, -0.15) is 0 Å². The Morgan fingerprint density at radius 1 is 1.12 bits per heavy atom. The van der Waals surface area contributed by atoms with Crippen LogP contribution in [0, 0.1) is 20.8 Å². The van der Waals surface area contributed by atoms with Crippen LogP contribution in [-0.2, 0) is 9.59 Å². The number of ether oxygens (including phenoxy) is 1. The van der Waals surface area contributed by atoms with Gasteiger partial charge in [-0.3, -0.25) is 9.59 Å². The molecule has 7 heteroatoms. The van der Waals surface area contributed by atoms with Gasteiger partial charge in [-0.05, 0) is 70.0 Å². The van der Waals surface area contributed by atoms with Crippen LogP contribution in [0.5, 0.6) is 5.75 Å². The molecule has 1 amide bonds. The normalized spacial score (nSPS) is 20.3. The Balaban J connectivity index is 1.77. The highest BCUT2D eigenvalue weighted by Crippen LogP contribution is 2.41. The molecule has 180 valence electrons. The second kappa shape index (κ2) is 9.89. The lowest BCUT2D eigenvalue weighted by molar-refractivity contribution is -0.140. The number of amides is 1. The number of aromatic amines is 1. The first-order valence-corrected chi connectivity index (χ1v) is 11.8. The Bertz CT molecular complexity index is 1120. The van der Waals surface area contributed by atoms with Crippen molar-refractivity contribution in [3.63, 3.8) is 0 Å². The number of aromatic nitrogens is 1. The zero-order valence-electron chi connectivity index (χ0n) is 20.2. The van der Waals surface area contributed by atoms with Gasteiger partial charge < -0.3 is 24.6 Å². The highest BCUT2D eigenvalue weighted by molar-refractivity contribution is 6.46.